The second-order valence-electron chi connectivity index (χ2n) is 7.33. The number of carbonyl (C=O) groups excluding carboxylic acids is 1. The molecule has 2 aromatic carbocycles. The molecule has 1 aromatic heterocycles. The van der Waals surface area contributed by atoms with Gasteiger partial charge in [-0.05, 0) is 50.1 Å². The number of carbonyl (C=O) groups is 1. The monoisotopic (exact) mass is 387 g/mol. The third-order valence-corrected chi connectivity index (χ3v) is 5.12. The molecule has 6 heteroatoms. The van der Waals surface area contributed by atoms with E-state index < -0.39 is 0 Å². The summed E-state index contributed by atoms with van der Waals surface area (Å²) in [5.74, 6) is 1.48. The van der Waals surface area contributed by atoms with Crippen molar-refractivity contribution in [3.8, 4) is 0 Å². The topological polar surface area (TPSA) is 70.2 Å². The number of benzene rings is 2. The van der Waals surface area contributed by atoms with Crippen LogP contribution in [0.3, 0.4) is 0 Å². The summed E-state index contributed by atoms with van der Waals surface area (Å²) in [6.07, 6.45) is 3.53. The molecule has 2 N–H and O–H groups in total. The lowest BCUT2D eigenvalue weighted by molar-refractivity contribution is 0.0931. The Labute approximate surface area is 171 Å². The molecule has 1 saturated heterocycles. The van der Waals surface area contributed by atoms with E-state index in [1.54, 1.807) is 6.20 Å². The highest BCUT2D eigenvalue weighted by molar-refractivity contribution is 5.94. The van der Waals surface area contributed by atoms with Gasteiger partial charge in [-0.1, -0.05) is 35.9 Å². The molecule has 0 aliphatic carbocycles. The molecule has 3 aromatic rings. The van der Waals surface area contributed by atoms with E-state index in [-0.39, 0.29) is 11.9 Å². The van der Waals surface area contributed by atoms with Gasteiger partial charge in [0.2, 0.25) is 5.95 Å². The van der Waals surface area contributed by atoms with Crippen molar-refractivity contribution >= 4 is 23.4 Å². The van der Waals surface area contributed by atoms with E-state index in [0.29, 0.717) is 5.56 Å². The highest BCUT2D eigenvalue weighted by Crippen LogP contribution is 2.20. The van der Waals surface area contributed by atoms with E-state index in [1.165, 1.54) is 5.56 Å². The van der Waals surface area contributed by atoms with Crippen LogP contribution in [0.4, 0.5) is 17.5 Å². The molecule has 1 fully saturated rings. The lowest BCUT2D eigenvalue weighted by atomic mass is 10.0. The Morgan fingerprint density at radius 2 is 1.72 bits per heavy atom. The minimum Gasteiger partial charge on any atom is -0.349 e. The van der Waals surface area contributed by atoms with Crippen LogP contribution in [0.2, 0.25) is 0 Å². The predicted molar refractivity (Wildman–Crippen MR) is 116 cm³/mol. The number of aryl methyl sites for hydroxylation is 1. The van der Waals surface area contributed by atoms with Gasteiger partial charge in [0, 0.05) is 36.6 Å². The van der Waals surface area contributed by atoms with Gasteiger partial charge in [0.1, 0.15) is 5.82 Å². The van der Waals surface area contributed by atoms with E-state index in [9.17, 15) is 4.79 Å². The summed E-state index contributed by atoms with van der Waals surface area (Å²) in [7, 11) is 0. The molecule has 0 bridgehead atoms. The second kappa shape index (κ2) is 8.73. The molecule has 0 saturated carbocycles. The van der Waals surface area contributed by atoms with Crippen molar-refractivity contribution in [1.82, 2.24) is 15.3 Å². The maximum absolute atomic E-state index is 12.3. The smallest absolute Gasteiger partial charge is 0.251 e. The Morgan fingerprint density at radius 3 is 2.45 bits per heavy atom. The van der Waals surface area contributed by atoms with Crippen molar-refractivity contribution < 1.29 is 4.79 Å². The SMILES string of the molecule is Cc1ccc(Nc2ccnc(N3CCC(NC(=O)c4ccccc4)CC3)n2)cc1. The number of anilines is 3. The van der Waals surface area contributed by atoms with Crippen LogP contribution >= 0.6 is 0 Å². The molecule has 1 amide bonds. The zero-order valence-electron chi connectivity index (χ0n) is 16.5. The molecule has 29 heavy (non-hydrogen) atoms. The van der Waals surface area contributed by atoms with Gasteiger partial charge in [0.25, 0.3) is 5.91 Å². The molecule has 0 unspecified atom stereocenters. The minimum atomic E-state index is -0.00963. The Morgan fingerprint density at radius 1 is 1.00 bits per heavy atom. The van der Waals surface area contributed by atoms with Gasteiger partial charge in [-0.3, -0.25) is 4.79 Å². The molecule has 6 nitrogen and oxygen atoms in total. The maximum atomic E-state index is 12.3. The number of aromatic nitrogens is 2. The standard InChI is InChI=1S/C23H25N5O/c1-17-7-9-19(10-8-17)25-21-11-14-24-23(27-21)28-15-12-20(13-16-28)26-22(29)18-5-3-2-4-6-18/h2-11,14,20H,12-13,15-16H2,1H3,(H,26,29)(H,24,25,27). The Hall–Kier alpha value is -3.41. The van der Waals surface area contributed by atoms with Gasteiger partial charge in [0.05, 0.1) is 0 Å². The summed E-state index contributed by atoms with van der Waals surface area (Å²) in [4.78, 5) is 23.6. The summed E-state index contributed by atoms with van der Waals surface area (Å²) < 4.78 is 0. The van der Waals surface area contributed by atoms with E-state index >= 15 is 0 Å². The number of rotatable bonds is 5. The first-order chi connectivity index (χ1) is 14.2. The zero-order valence-corrected chi connectivity index (χ0v) is 16.5. The van der Waals surface area contributed by atoms with E-state index in [0.717, 1.165) is 43.4 Å². The number of amides is 1. The third-order valence-electron chi connectivity index (χ3n) is 5.12. The molecule has 0 atom stereocenters. The quantitative estimate of drug-likeness (QED) is 0.694. The van der Waals surface area contributed by atoms with Crippen molar-refractivity contribution in [3.63, 3.8) is 0 Å². The average molecular weight is 387 g/mol. The van der Waals surface area contributed by atoms with Crippen molar-refractivity contribution in [1.29, 1.82) is 0 Å². The van der Waals surface area contributed by atoms with Gasteiger partial charge < -0.3 is 15.5 Å². The normalized spacial score (nSPS) is 14.4. The largest absolute Gasteiger partial charge is 0.349 e. The molecule has 4 rings (SSSR count). The summed E-state index contributed by atoms with van der Waals surface area (Å²) >= 11 is 0. The minimum absolute atomic E-state index is 0.00963. The third kappa shape index (κ3) is 4.90. The molecule has 1 aliphatic rings. The fourth-order valence-electron chi connectivity index (χ4n) is 3.44. The first-order valence-electron chi connectivity index (χ1n) is 9.95. The summed E-state index contributed by atoms with van der Waals surface area (Å²) in [6.45, 7) is 3.69. The van der Waals surface area contributed by atoms with Crippen LogP contribution < -0.4 is 15.5 Å². The van der Waals surface area contributed by atoms with Gasteiger partial charge in [-0.15, -0.1) is 0 Å². The van der Waals surface area contributed by atoms with Crippen LogP contribution in [0.25, 0.3) is 0 Å². The fraction of sp³-hybridized carbons (Fsp3) is 0.261. The highest BCUT2D eigenvalue weighted by Gasteiger charge is 2.22. The van der Waals surface area contributed by atoms with Gasteiger partial charge >= 0.3 is 0 Å². The molecular formula is C23H25N5O. The summed E-state index contributed by atoms with van der Waals surface area (Å²) in [5, 5.41) is 6.47. The predicted octanol–water partition coefficient (Wildman–Crippen LogP) is 3.93. The molecule has 2 heterocycles. The summed E-state index contributed by atoms with van der Waals surface area (Å²) in [6, 6.07) is 19.6. The molecular weight excluding hydrogens is 362 g/mol. The number of hydrogen-bond donors (Lipinski definition) is 2. The van der Waals surface area contributed by atoms with Gasteiger partial charge in [-0.25, -0.2) is 4.98 Å². The Balaban J connectivity index is 1.34. The van der Waals surface area contributed by atoms with Gasteiger partial charge in [-0.2, -0.15) is 4.98 Å². The first-order valence-corrected chi connectivity index (χ1v) is 9.95. The van der Waals surface area contributed by atoms with Crippen molar-refractivity contribution in [3.05, 3.63) is 78.0 Å². The maximum Gasteiger partial charge on any atom is 0.251 e. The van der Waals surface area contributed by atoms with E-state index in [2.05, 4.69) is 44.6 Å². The zero-order chi connectivity index (χ0) is 20.1. The lowest BCUT2D eigenvalue weighted by Gasteiger charge is -2.32. The number of nitrogens with zero attached hydrogens (tertiary/aromatic N) is 3. The van der Waals surface area contributed by atoms with Crippen LogP contribution in [0.1, 0.15) is 28.8 Å². The number of hydrogen-bond acceptors (Lipinski definition) is 5. The van der Waals surface area contributed by atoms with Crippen LogP contribution in [-0.4, -0.2) is 35.0 Å². The van der Waals surface area contributed by atoms with Gasteiger partial charge in [0.15, 0.2) is 0 Å². The lowest BCUT2D eigenvalue weighted by Crippen LogP contribution is -2.45. The molecule has 148 valence electrons. The number of piperidine rings is 1. The Bertz CT molecular complexity index is 951. The fourth-order valence-corrected chi connectivity index (χ4v) is 3.44. The van der Waals surface area contributed by atoms with Crippen molar-refractivity contribution in [2.75, 3.05) is 23.3 Å². The van der Waals surface area contributed by atoms with E-state index in [4.69, 9.17) is 0 Å². The van der Waals surface area contributed by atoms with Crippen molar-refractivity contribution in [2.45, 2.75) is 25.8 Å². The molecule has 0 radical (unpaired) electrons. The highest BCUT2D eigenvalue weighted by atomic mass is 16.1. The van der Waals surface area contributed by atoms with Crippen LogP contribution in [0.5, 0.6) is 0 Å². The molecule has 0 spiro atoms. The van der Waals surface area contributed by atoms with E-state index in [1.807, 2.05) is 48.5 Å². The van der Waals surface area contributed by atoms with Crippen LogP contribution in [0.15, 0.2) is 66.9 Å². The summed E-state index contributed by atoms with van der Waals surface area (Å²) in [5.41, 5.74) is 2.93. The molecule has 1 aliphatic heterocycles. The number of nitrogens with one attached hydrogen (secondary N) is 2. The Kier molecular flexibility index (Phi) is 5.70. The van der Waals surface area contributed by atoms with Crippen LogP contribution in [0, 0.1) is 6.92 Å². The second-order valence-corrected chi connectivity index (χ2v) is 7.33. The van der Waals surface area contributed by atoms with Crippen LogP contribution in [-0.2, 0) is 0 Å². The average Bonchev–Trinajstić information content (AvgIpc) is 2.77. The first kappa shape index (κ1) is 18.9. The van der Waals surface area contributed by atoms with Crippen molar-refractivity contribution in [2.24, 2.45) is 0 Å².